The van der Waals surface area contributed by atoms with E-state index >= 15 is 0 Å². The molecular weight excluding hydrogens is 245 g/mol. The monoisotopic (exact) mass is 263 g/mol. The highest BCUT2D eigenvalue weighted by molar-refractivity contribution is 5.82. The normalized spacial score (nSPS) is 23.3. The third-order valence-electron chi connectivity index (χ3n) is 2.76. The molecule has 1 heterocycles. The standard InChI is InChI=1S/C11H18FNO5/c1-2-17-5-6-18-7-9(14)13-4-3-11(12,8-13)10(15)16/h2-8H2,1H3,(H,15,16). The van der Waals surface area contributed by atoms with Crippen molar-refractivity contribution < 1.29 is 28.6 Å². The van der Waals surface area contributed by atoms with Crippen LogP contribution in [0.4, 0.5) is 4.39 Å². The number of carbonyl (C=O) groups is 2. The van der Waals surface area contributed by atoms with Gasteiger partial charge in [0.25, 0.3) is 0 Å². The molecular formula is C11H18FNO5. The van der Waals surface area contributed by atoms with Crippen LogP contribution in [0.2, 0.25) is 0 Å². The summed E-state index contributed by atoms with van der Waals surface area (Å²) in [6, 6.07) is 0. The van der Waals surface area contributed by atoms with Gasteiger partial charge in [-0.2, -0.15) is 0 Å². The average Bonchev–Trinajstić information content (AvgIpc) is 2.73. The molecule has 0 aliphatic carbocycles. The van der Waals surface area contributed by atoms with Gasteiger partial charge in [0.15, 0.2) is 0 Å². The van der Waals surface area contributed by atoms with Gasteiger partial charge in [-0.25, -0.2) is 9.18 Å². The van der Waals surface area contributed by atoms with Gasteiger partial charge in [0.1, 0.15) is 6.61 Å². The van der Waals surface area contributed by atoms with Crippen molar-refractivity contribution in [3.8, 4) is 0 Å². The van der Waals surface area contributed by atoms with Crippen LogP contribution >= 0.6 is 0 Å². The Morgan fingerprint density at radius 3 is 2.61 bits per heavy atom. The second-order valence-corrected chi connectivity index (χ2v) is 4.09. The van der Waals surface area contributed by atoms with Crippen LogP contribution in [0, 0.1) is 0 Å². The first kappa shape index (κ1) is 14.8. The Labute approximate surface area is 105 Å². The zero-order valence-corrected chi connectivity index (χ0v) is 10.4. The first-order valence-corrected chi connectivity index (χ1v) is 5.85. The van der Waals surface area contributed by atoms with Crippen LogP contribution in [-0.2, 0) is 19.1 Å². The van der Waals surface area contributed by atoms with Crippen LogP contribution in [0.15, 0.2) is 0 Å². The number of ether oxygens (including phenoxy) is 2. The van der Waals surface area contributed by atoms with E-state index in [4.69, 9.17) is 14.6 Å². The fraction of sp³-hybridized carbons (Fsp3) is 0.818. The molecule has 18 heavy (non-hydrogen) atoms. The molecule has 0 aromatic rings. The third-order valence-corrected chi connectivity index (χ3v) is 2.76. The lowest BCUT2D eigenvalue weighted by Gasteiger charge is -2.17. The fourth-order valence-electron chi connectivity index (χ4n) is 1.67. The van der Waals surface area contributed by atoms with E-state index in [2.05, 4.69) is 0 Å². The van der Waals surface area contributed by atoms with Gasteiger partial charge in [-0.1, -0.05) is 0 Å². The number of hydrogen-bond donors (Lipinski definition) is 1. The molecule has 1 aliphatic heterocycles. The van der Waals surface area contributed by atoms with Crippen molar-refractivity contribution in [1.29, 1.82) is 0 Å². The van der Waals surface area contributed by atoms with Crippen molar-refractivity contribution >= 4 is 11.9 Å². The van der Waals surface area contributed by atoms with Crippen molar-refractivity contribution in [3.05, 3.63) is 0 Å². The van der Waals surface area contributed by atoms with E-state index in [1.165, 1.54) is 4.90 Å². The number of rotatable bonds is 7. The minimum Gasteiger partial charge on any atom is -0.479 e. The van der Waals surface area contributed by atoms with E-state index in [1.54, 1.807) is 0 Å². The number of alkyl halides is 1. The highest BCUT2D eigenvalue weighted by atomic mass is 19.1. The van der Waals surface area contributed by atoms with Crippen molar-refractivity contribution in [2.75, 3.05) is 39.5 Å². The van der Waals surface area contributed by atoms with Gasteiger partial charge < -0.3 is 19.5 Å². The minimum atomic E-state index is -2.32. The molecule has 0 saturated carbocycles. The molecule has 1 saturated heterocycles. The number of carboxylic acid groups (broad SMARTS) is 1. The number of likely N-dealkylation sites (tertiary alicyclic amines) is 1. The predicted octanol–water partition coefficient (Wildman–Crippen LogP) is 0.0647. The number of hydrogen-bond acceptors (Lipinski definition) is 4. The third kappa shape index (κ3) is 3.92. The molecule has 6 nitrogen and oxygen atoms in total. The van der Waals surface area contributed by atoms with E-state index in [0.717, 1.165) is 0 Å². The van der Waals surface area contributed by atoms with Crippen molar-refractivity contribution in [2.24, 2.45) is 0 Å². The van der Waals surface area contributed by atoms with Gasteiger partial charge in [0.2, 0.25) is 11.6 Å². The summed E-state index contributed by atoms with van der Waals surface area (Å²) < 4.78 is 23.8. The first-order valence-electron chi connectivity index (χ1n) is 5.85. The van der Waals surface area contributed by atoms with Gasteiger partial charge >= 0.3 is 5.97 Å². The van der Waals surface area contributed by atoms with Gasteiger partial charge in [0, 0.05) is 19.6 Å². The maximum absolute atomic E-state index is 13.7. The minimum absolute atomic E-state index is 0.108. The smallest absolute Gasteiger partial charge is 0.343 e. The quantitative estimate of drug-likeness (QED) is 0.657. The van der Waals surface area contributed by atoms with E-state index < -0.39 is 24.1 Å². The topological polar surface area (TPSA) is 76.1 Å². The molecule has 1 atom stereocenters. The van der Waals surface area contributed by atoms with Crippen LogP contribution in [0.1, 0.15) is 13.3 Å². The zero-order valence-electron chi connectivity index (χ0n) is 10.4. The molecule has 7 heteroatoms. The van der Waals surface area contributed by atoms with Crippen molar-refractivity contribution in [3.63, 3.8) is 0 Å². The predicted molar refractivity (Wildman–Crippen MR) is 60.0 cm³/mol. The molecule has 0 radical (unpaired) electrons. The highest BCUT2D eigenvalue weighted by Gasteiger charge is 2.46. The van der Waals surface area contributed by atoms with Gasteiger partial charge in [-0.3, -0.25) is 4.79 Å². The summed E-state index contributed by atoms with van der Waals surface area (Å²) >= 11 is 0. The van der Waals surface area contributed by atoms with Crippen molar-refractivity contribution in [1.82, 2.24) is 4.90 Å². The summed E-state index contributed by atoms with van der Waals surface area (Å²) in [6.07, 6.45) is -0.174. The fourth-order valence-corrected chi connectivity index (χ4v) is 1.67. The maximum atomic E-state index is 13.7. The summed E-state index contributed by atoms with van der Waals surface area (Å²) in [4.78, 5) is 23.4. The highest BCUT2D eigenvalue weighted by Crippen LogP contribution is 2.25. The SMILES string of the molecule is CCOCCOCC(=O)N1CCC(F)(C(=O)O)C1. The summed E-state index contributed by atoms with van der Waals surface area (Å²) in [5.41, 5.74) is -2.32. The molecule has 104 valence electrons. The Morgan fingerprint density at radius 1 is 1.39 bits per heavy atom. The maximum Gasteiger partial charge on any atom is 0.343 e. The lowest BCUT2D eigenvalue weighted by molar-refractivity contribution is -0.150. The Balaban J connectivity index is 2.26. The Morgan fingerprint density at radius 2 is 2.06 bits per heavy atom. The molecule has 0 aromatic heterocycles. The van der Waals surface area contributed by atoms with Crippen LogP contribution in [0.25, 0.3) is 0 Å². The van der Waals surface area contributed by atoms with Crippen LogP contribution < -0.4 is 0 Å². The molecule has 0 aromatic carbocycles. The zero-order chi connectivity index (χ0) is 13.6. The van der Waals surface area contributed by atoms with E-state index in [9.17, 15) is 14.0 Å². The average molecular weight is 263 g/mol. The lowest BCUT2D eigenvalue weighted by atomic mass is 10.1. The summed E-state index contributed by atoms with van der Waals surface area (Å²) in [5, 5.41) is 8.68. The van der Waals surface area contributed by atoms with E-state index in [1.807, 2.05) is 6.92 Å². The molecule has 1 fully saturated rings. The number of amides is 1. The summed E-state index contributed by atoms with van der Waals surface area (Å²) in [6.45, 7) is 2.63. The molecule has 1 amide bonds. The van der Waals surface area contributed by atoms with E-state index in [0.29, 0.717) is 13.2 Å². The van der Waals surface area contributed by atoms with Crippen LogP contribution in [-0.4, -0.2) is 67.1 Å². The number of carboxylic acids is 1. The number of halogens is 1. The van der Waals surface area contributed by atoms with Gasteiger partial charge in [0.05, 0.1) is 19.8 Å². The van der Waals surface area contributed by atoms with E-state index in [-0.39, 0.29) is 26.2 Å². The Kier molecular flexibility index (Phi) is 5.49. The second-order valence-electron chi connectivity index (χ2n) is 4.09. The number of aliphatic carboxylic acids is 1. The summed E-state index contributed by atoms with van der Waals surface area (Å²) in [7, 11) is 0. The largest absolute Gasteiger partial charge is 0.479 e. The van der Waals surface area contributed by atoms with Crippen molar-refractivity contribution in [2.45, 2.75) is 19.0 Å². The molecule has 0 bridgehead atoms. The van der Waals surface area contributed by atoms with Gasteiger partial charge in [-0.05, 0) is 6.92 Å². The molecule has 1 rings (SSSR count). The molecule has 1 unspecified atom stereocenters. The second kappa shape index (κ2) is 6.65. The molecule has 1 N–H and O–H groups in total. The van der Waals surface area contributed by atoms with Crippen LogP contribution in [0.5, 0.6) is 0 Å². The molecule has 1 aliphatic rings. The van der Waals surface area contributed by atoms with Crippen LogP contribution in [0.3, 0.4) is 0 Å². The first-order chi connectivity index (χ1) is 8.49. The number of carbonyl (C=O) groups excluding carboxylic acids is 1. The molecule has 0 spiro atoms. The Bertz CT molecular complexity index is 312. The lowest BCUT2D eigenvalue weighted by Crippen LogP contribution is -2.40. The number of nitrogens with zero attached hydrogens (tertiary/aromatic N) is 1. The van der Waals surface area contributed by atoms with Gasteiger partial charge in [-0.15, -0.1) is 0 Å². The summed E-state index contributed by atoms with van der Waals surface area (Å²) in [5.74, 6) is -1.91. The Hall–Kier alpha value is -1.21.